The molecule has 0 radical (unpaired) electrons. The molecule has 0 bridgehead atoms. The molecule has 1 aliphatic carbocycles. The lowest BCUT2D eigenvalue weighted by Gasteiger charge is -2.42. The predicted octanol–water partition coefficient (Wildman–Crippen LogP) is 3.24. The number of amides is 1. The molecule has 4 atom stereocenters. The maximum absolute atomic E-state index is 13.2. The maximum atomic E-state index is 13.2. The third-order valence-corrected chi connectivity index (χ3v) is 8.52. The second kappa shape index (κ2) is 8.11. The number of para-hydroxylation sites is 1. The van der Waals surface area contributed by atoms with Gasteiger partial charge in [0.1, 0.15) is 0 Å². The fourth-order valence-electron chi connectivity index (χ4n) is 5.86. The summed E-state index contributed by atoms with van der Waals surface area (Å²) in [7, 11) is 0. The zero-order chi connectivity index (χ0) is 18.9. The summed E-state index contributed by atoms with van der Waals surface area (Å²) in [6.07, 6.45) is 10.5. The van der Waals surface area contributed by atoms with E-state index < -0.39 is 0 Å². The number of benzene rings is 1. The highest BCUT2D eigenvalue weighted by molar-refractivity contribution is 7.18. The molecule has 1 N–H and O–H groups in total. The number of carbonyl (C=O) groups is 1. The van der Waals surface area contributed by atoms with Gasteiger partial charge in [-0.2, -0.15) is 0 Å². The molecule has 3 heterocycles. The second-order valence-corrected chi connectivity index (χ2v) is 10.1. The lowest BCUT2D eigenvalue weighted by Crippen LogP contribution is -3.18. The minimum absolute atomic E-state index is 0.382. The van der Waals surface area contributed by atoms with Gasteiger partial charge in [0, 0.05) is 24.9 Å². The normalized spacial score (nSPS) is 30.9. The number of fused-ring (bicyclic) bond motifs is 2. The first kappa shape index (κ1) is 18.6. The van der Waals surface area contributed by atoms with Crippen molar-refractivity contribution in [3.8, 4) is 0 Å². The lowest BCUT2D eigenvalue weighted by molar-refractivity contribution is -0.929. The second-order valence-electron chi connectivity index (χ2n) is 9.08. The number of nitrogens with one attached hydrogen (secondary N) is 1. The number of likely N-dealkylation sites (tertiary alicyclic amines) is 2. The van der Waals surface area contributed by atoms with Crippen LogP contribution in [0.25, 0.3) is 10.2 Å². The average molecular weight is 399 g/mol. The summed E-state index contributed by atoms with van der Waals surface area (Å²) in [5.41, 5.74) is 1.10. The van der Waals surface area contributed by atoms with Crippen molar-refractivity contribution in [3.63, 3.8) is 0 Å². The molecule has 1 saturated carbocycles. The number of carbonyl (C=O) groups excluding carboxylic acids is 1. The highest BCUT2D eigenvalue weighted by atomic mass is 32.1. The summed E-state index contributed by atoms with van der Waals surface area (Å²) < 4.78 is 1.27. The Kier molecular flexibility index (Phi) is 5.38. The number of hydrogen-bond donors (Lipinski definition) is 1. The minimum Gasteiger partial charge on any atom is -0.337 e. The molecule has 3 fully saturated rings. The number of rotatable bonds is 3. The van der Waals surface area contributed by atoms with Crippen molar-refractivity contribution < 1.29 is 9.69 Å². The third-order valence-electron chi connectivity index (χ3n) is 7.32. The van der Waals surface area contributed by atoms with Crippen LogP contribution >= 0.6 is 11.3 Å². The van der Waals surface area contributed by atoms with Crippen LogP contribution in [0.2, 0.25) is 0 Å². The Morgan fingerprint density at radius 1 is 1.11 bits per heavy atom. The van der Waals surface area contributed by atoms with Gasteiger partial charge in [-0.25, -0.2) is 4.98 Å². The Morgan fingerprint density at radius 3 is 2.89 bits per heavy atom. The highest BCUT2D eigenvalue weighted by Gasteiger charge is 2.38. The SMILES string of the molecule is O=C(C[NH+]1CCC[C@H]2CCCC[C@@H]21)N1CCC[C@H](c2nc3ccccc3s2)C1. The lowest BCUT2D eigenvalue weighted by atomic mass is 9.78. The van der Waals surface area contributed by atoms with E-state index in [9.17, 15) is 4.79 Å². The average Bonchev–Trinajstić information content (AvgIpc) is 3.18. The predicted molar refractivity (Wildman–Crippen MR) is 114 cm³/mol. The number of thiazole rings is 1. The molecular weight excluding hydrogens is 366 g/mol. The van der Waals surface area contributed by atoms with Crippen LogP contribution < -0.4 is 4.90 Å². The van der Waals surface area contributed by atoms with Gasteiger partial charge < -0.3 is 9.80 Å². The molecule has 0 spiro atoms. The van der Waals surface area contributed by atoms with E-state index in [0.29, 0.717) is 18.4 Å². The van der Waals surface area contributed by atoms with Crippen molar-refractivity contribution in [3.05, 3.63) is 29.3 Å². The molecule has 2 aromatic rings. The highest BCUT2D eigenvalue weighted by Crippen LogP contribution is 2.33. The van der Waals surface area contributed by atoms with Crippen molar-refractivity contribution in [1.82, 2.24) is 9.88 Å². The smallest absolute Gasteiger partial charge is 0.277 e. The van der Waals surface area contributed by atoms with Gasteiger partial charge in [-0.1, -0.05) is 18.6 Å². The van der Waals surface area contributed by atoms with Crippen LogP contribution in [0.1, 0.15) is 62.3 Å². The molecule has 5 rings (SSSR count). The molecule has 2 aliphatic heterocycles. The van der Waals surface area contributed by atoms with E-state index in [2.05, 4.69) is 29.2 Å². The molecule has 28 heavy (non-hydrogen) atoms. The standard InChI is InChI=1S/C23H31N3OS/c27-22(16-25-13-5-8-17-7-1-3-11-20(17)25)26-14-6-9-18(15-26)23-24-19-10-2-4-12-21(19)28-23/h2,4,10,12,17-18,20H,1,3,5-9,11,13-16H2/p+1/t17-,18+,20+/m1/s1. The van der Waals surface area contributed by atoms with Gasteiger partial charge in [-0.15, -0.1) is 11.3 Å². The minimum atomic E-state index is 0.382. The van der Waals surface area contributed by atoms with E-state index in [4.69, 9.17) is 4.98 Å². The van der Waals surface area contributed by atoms with E-state index in [1.165, 1.54) is 54.8 Å². The molecule has 1 aromatic heterocycles. The molecule has 1 aromatic carbocycles. The molecule has 2 saturated heterocycles. The van der Waals surface area contributed by atoms with Gasteiger partial charge in [0.25, 0.3) is 5.91 Å². The first-order valence-electron chi connectivity index (χ1n) is 11.3. The first-order valence-corrected chi connectivity index (χ1v) is 12.1. The molecule has 1 amide bonds. The van der Waals surface area contributed by atoms with Crippen LogP contribution in [0.3, 0.4) is 0 Å². The van der Waals surface area contributed by atoms with Crippen molar-refractivity contribution >= 4 is 27.5 Å². The number of aromatic nitrogens is 1. The van der Waals surface area contributed by atoms with E-state index in [1.807, 2.05) is 11.3 Å². The van der Waals surface area contributed by atoms with Crippen molar-refractivity contribution in [2.75, 3.05) is 26.2 Å². The Bertz CT molecular complexity index is 799. The van der Waals surface area contributed by atoms with Crippen LogP contribution in [0.5, 0.6) is 0 Å². The maximum Gasteiger partial charge on any atom is 0.277 e. The zero-order valence-electron chi connectivity index (χ0n) is 16.7. The van der Waals surface area contributed by atoms with Crippen LogP contribution in [0.15, 0.2) is 24.3 Å². The third kappa shape index (κ3) is 3.71. The fourth-order valence-corrected chi connectivity index (χ4v) is 6.96. The molecule has 5 heteroatoms. The van der Waals surface area contributed by atoms with Gasteiger partial charge in [0.2, 0.25) is 0 Å². The van der Waals surface area contributed by atoms with Crippen molar-refractivity contribution in [1.29, 1.82) is 0 Å². The summed E-state index contributed by atoms with van der Waals surface area (Å²) in [4.78, 5) is 21.8. The Morgan fingerprint density at radius 2 is 1.96 bits per heavy atom. The van der Waals surface area contributed by atoms with Crippen molar-refractivity contribution in [2.45, 2.75) is 63.3 Å². The number of nitrogens with zero attached hydrogens (tertiary/aromatic N) is 2. The molecule has 150 valence electrons. The first-order chi connectivity index (χ1) is 13.8. The van der Waals surface area contributed by atoms with Gasteiger partial charge in [0.05, 0.1) is 27.8 Å². The summed E-state index contributed by atoms with van der Waals surface area (Å²) >= 11 is 1.81. The number of piperidine rings is 2. The molecular formula is C23H32N3OS+. The van der Waals surface area contributed by atoms with Crippen LogP contribution in [0.4, 0.5) is 0 Å². The van der Waals surface area contributed by atoms with Gasteiger partial charge in [-0.3, -0.25) is 4.79 Å². The van der Waals surface area contributed by atoms with E-state index in [1.54, 1.807) is 4.90 Å². The Balaban J connectivity index is 1.25. The summed E-state index contributed by atoms with van der Waals surface area (Å²) in [6.45, 7) is 3.71. The zero-order valence-corrected chi connectivity index (χ0v) is 17.6. The number of hydrogen-bond acceptors (Lipinski definition) is 3. The Labute approximate surface area is 171 Å². The van der Waals surface area contributed by atoms with E-state index in [-0.39, 0.29) is 0 Å². The van der Waals surface area contributed by atoms with Gasteiger partial charge >= 0.3 is 0 Å². The summed E-state index contributed by atoms with van der Waals surface area (Å²) in [5.74, 6) is 1.67. The summed E-state index contributed by atoms with van der Waals surface area (Å²) in [6, 6.07) is 9.14. The number of quaternary nitrogens is 1. The molecule has 1 unspecified atom stereocenters. The Hall–Kier alpha value is -1.46. The van der Waals surface area contributed by atoms with Gasteiger partial charge in [-0.05, 0) is 57.1 Å². The summed E-state index contributed by atoms with van der Waals surface area (Å²) in [5, 5.41) is 1.22. The molecule has 3 aliphatic rings. The van der Waals surface area contributed by atoms with E-state index >= 15 is 0 Å². The topological polar surface area (TPSA) is 37.6 Å². The van der Waals surface area contributed by atoms with Crippen LogP contribution in [-0.2, 0) is 4.79 Å². The molecule has 4 nitrogen and oxygen atoms in total. The fraction of sp³-hybridized carbons (Fsp3) is 0.652. The van der Waals surface area contributed by atoms with Crippen LogP contribution in [-0.4, -0.2) is 48.0 Å². The quantitative estimate of drug-likeness (QED) is 0.862. The van der Waals surface area contributed by atoms with Gasteiger partial charge in [0.15, 0.2) is 6.54 Å². The van der Waals surface area contributed by atoms with E-state index in [0.717, 1.165) is 43.4 Å². The van der Waals surface area contributed by atoms with Crippen LogP contribution in [0, 0.1) is 5.92 Å². The monoisotopic (exact) mass is 398 g/mol. The van der Waals surface area contributed by atoms with Crippen molar-refractivity contribution in [2.24, 2.45) is 5.92 Å². The largest absolute Gasteiger partial charge is 0.337 e.